The molecule has 0 aliphatic rings. The van der Waals surface area contributed by atoms with Crippen LogP contribution >= 0.6 is 22.6 Å². The number of hydrogen-bond donors (Lipinski definition) is 1. The third kappa shape index (κ3) is 2.33. The van der Waals surface area contributed by atoms with Crippen molar-refractivity contribution in [3.63, 3.8) is 0 Å². The van der Waals surface area contributed by atoms with Crippen LogP contribution in [0.3, 0.4) is 0 Å². The number of rotatable bonds is 2. The highest BCUT2D eigenvalue weighted by Gasteiger charge is 2.18. The first-order valence-electron chi connectivity index (χ1n) is 5.68. The summed E-state index contributed by atoms with van der Waals surface area (Å²) in [5.74, 6) is 1.00. The van der Waals surface area contributed by atoms with E-state index in [4.69, 9.17) is 10.3 Å². The summed E-state index contributed by atoms with van der Waals surface area (Å²) in [6.45, 7) is 0. The van der Waals surface area contributed by atoms with Crippen molar-refractivity contribution >= 4 is 28.4 Å². The van der Waals surface area contributed by atoms with Gasteiger partial charge in [0.15, 0.2) is 11.6 Å². The van der Waals surface area contributed by atoms with Crippen LogP contribution in [0, 0.1) is 3.57 Å². The second kappa shape index (κ2) is 5.00. The minimum absolute atomic E-state index is 0.354. The highest BCUT2D eigenvalue weighted by Crippen LogP contribution is 2.35. The number of pyridine rings is 1. The van der Waals surface area contributed by atoms with Gasteiger partial charge in [0.05, 0.1) is 11.3 Å². The van der Waals surface area contributed by atoms with Gasteiger partial charge in [-0.15, -0.1) is 0 Å². The van der Waals surface area contributed by atoms with Crippen molar-refractivity contribution in [2.45, 2.75) is 0 Å². The Labute approximate surface area is 123 Å². The zero-order valence-electron chi connectivity index (χ0n) is 9.88. The van der Waals surface area contributed by atoms with Gasteiger partial charge in [-0.2, -0.15) is 0 Å². The maximum Gasteiger partial charge on any atom is 0.178 e. The lowest BCUT2D eigenvalue weighted by molar-refractivity contribution is 0.436. The number of anilines is 1. The van der Waals surface area contributed by atoms with E-state index < -0.39 is 0 Å². The van der Waals surface area contributed by atoms with E-state index in [2.05, 4.69) is 32.7 Å². The Balaban J connectivity index is 2.19. The van der Waals surface area contributed by atoms with Crippen molar-refractivity contribution < 1.29 is 4.52 Å². The number of nitrogens with two attached hydrogens (primary N) is 1. The lowest BCUT2D eigenvalue weighted by Gasteiger charge is -2.02. The van der Waals surface area contributed by atoms with Gasteiger partial charge in [-0.1, -0.05) is 23.4 Å². The summed E-state index contributed by atoms with van der Waals surface area (Å²) in [6.07, 6.45) is 1.72. The smallest absolute Gasteiger partial charge is 0.178 e. The van der Waals surface area contributed by atoms with Crippen molar-refractivity contribution in [2.75, 3.05) is 5.73 Å². The Morgan fingerprint density at radius 1 is 1.11 bits per heavy atom. The van der Waals surface area contributed by atoms with Crippen LogP contribution in [0.15, 0.2) is 53.2 Å². The molecule has 1 aromatic carbocycles. The molecule has 4 nitrogen and oxygen atoms in total. The van der Waals surface area contributed by atoms with E-state index in [0.29, 0.717) is 11.6 Å². The van der Waals surface area contributed by atoms with E-state index in [1.807, 2.05) is 42.5 Å². The van der Waals surface area contributed by atoms with Crippen LogP contribution in [0.25, 0.3) is 22.6 Å². The highest BCUT2D eigenvalue weighted by molar-refractivity contribution is 14.1. The van der Waals surface area contributed by atoms with Crippen LogP contribution in [0.2, 0.25) is 0 Å². The Morgan fingerprint density at radius 2 is 2.00 bits per heavy atom. The molecule has 19 heavy (non-hydrogen) atoms. The van der Waals surface area contributed by atoms with Crippen molar-refractivity contribution in [1.29, 1.82) is 0 Å². The molecule has 0 saturated heterocycles. The molecule has 5 heteroatoms. The van der Waals surface area contributed by atoms with Crippen LogP contribution in [-0.4, -0.2) is 10.1 Å². The third-order valence-electron chi connectivity index (χ3n) is 2.73. The molecule has 2 N–H and O–H groups in total. The van der Waals surface area contributed by atoms with E-state index >= 15 is 0 Å². The molecule has 0 aliphatic heterocycles. The van der Waals surface area contributed by atoms with E-state index in [1.54, 1.807) is 6.20 Å². The number of nitrogen functional groups attached to an aromatic ring is 1. The highest BCUT2D eigenvalue weighted by atomic mass is 127. The maximum atomic E-state index is 5.90. The fourth-order valence-corrected chi connectivity index (χ4v) is 2.43. The van der Waals surface area contributed by atoms with Crippen molar-refractivity contribution in [2.24, 2.45) is 0 Å². The number of nitrogens with zero attached hydrogens (tertiary/aromatic N) is 2. The van der Waals surface area contributed by atoms with Gasteiger partial charge in [-0.05, 0) is 46.9 Å². The maximum absolute atomic E-state index is 5.90. The largest absolute Gasteiger partial charge is 0.380 e. The molecule has 2 aromatic heterocycles. The van der Waals surface area contributed by atoms with E-state index in [9.17, 15) is 0 Å². The Bertz CT molecular complexity index is 710. The second-order valence-electron chi connectivity index (χ2n) is 4.00. The summed E-state index contributed by atoms with van der Waals surface area (Å²) in [6, 6.07) is 13.6. The summed E-state index contributed by atoms with van der Waals surface area (Å²) in [5, 5.41) is 3.86. The van der Waals surface area contributed by atoms with Gasteiger partial charge in [0.2, 0.25) is 0 Å². The van der Waals surface area contributed by atoms with Crippen LogP contribution in [0.4, 0.5) is 5.82 Å². The van der Waals surface area contributed by atoms with Crippen LogP contribution in [0.1, 0.15) is 0 Å². The van der Waals surface area contributed by atoms with E-state index in [0.717, 1.165) is 20.4 Å². The minimum atomic E-state index is 0.354. The van der Waals surface area contributed by atoms with Crippen molar-refractivity contribution in [3.8, 4) is 22.6 Å². The number of hydrogen-bond acceptors (Lipinski definition) is 4. The molecule has 0 spiro atoms. The van der Waals surface area contributed by atoms with E-state index in [-0.39, 0.29) is 0 Å². The molecule has 0 saturated carbocycles. The van der Waals surface area contributed by atoms with Crippen LogP contribution < -0.4 is 5.73 Å². The number of aromatic nitrogens is 2. The van der Waals surface area contributed by atoms with Gasteiger partial charge < -0.3 is 10.3 Å². The molecule has 94 valence electrons. The van der Waals surface area contributed by atoms with Gasteiger partial charge in [0.25, 0.3) is 0 Å². The van der Waals surface area contributed by atoms with Crippen LogP contribution in [0.5, 0.6) is 0 Å². The Kier molecular flexibility index (Phi) is 3.20. The lowest BCUT2D eigenvalue weighted by atomic mass is 10.1. The standard InChI is InChI=1S/C14H10IN3O/c15-10-5-3-4-9(8-10)13-12(14(16)18-19-13)11-6-1-2-7-17-11/h1-8H,(H2,16,18). The zero-order valence-corrected chi connectivity index (χ0v) is 12.0. The van der Waals surface area contributed by atoms with Gasteiger partial charge in [-0.3, -0.25) is 4.98 Å². The first-order chi connectivity index (χ1) is 9.25. The van der Waals surface area contributed by atoms with Gasteiger partial charge in [-0.25, -0.2) is 0 Å². The average Bonchev–Trinajstić information content (AvgIpc) is 2.82. The first-order valence-corrected chi connectivity index (χ1v) is 6.76. The molecular weight excluding hydrogens is 353 g/mol. The topological polar surface area (TPSA) is 64.9 Å². The molecule has 0 radical (unpaired) electrons. The monoisotopic (exact) mass is 363 g/mol. The molecule has 0 atom stereocenters. The fourth-order valence-electron chi connectivity index (χ4n) is 1.89. The first kappa shape index (κ1) is 12.2. The predicted molar refractivity (Wildman–Crippen MR) is 82.3 cm³/mol. The molecule has 2 heterocycles. The molecule has 0 aliphatic carbocycles. The number of halogens is 1. The molecule has 0 amide bonds. The van der Waals surface area contributed by atoms with Crippen molar-refractivity contribution in [3.05, 3.63) is 52.2 Å². The van der Waals surface area contributed by atoms with E-state index in [1.165, 1.54) is 0 Å². The fraction of sp³-hybridized carbons (Fsp3) is 0. The average molecular weight is 363 g/mol. The molecule has 0 unspecified atom stereocenters. The molecule has 0 bridgehead atoms. The van der Waals surface area contributed by atoms with Crippen LogP contribution in [-0.2, 0) is 0 Å². The lowest BCUT2D eigenvalue weighted by Crippen LogP contribution is -1.90. The summed E-state index contributed by atoms with van der Waals surface area (Å²) < 4.78 is 6.49. The summed E-state index contributed by atoms with van der Waals surface area (Å²) in [7, 11) is 0. The van der Waals surface area contributed by atoms with Gasteiger partial charge >= 0.3 is 0 Å². The molecule has 3 aromatic rings. The summed E-state index contributed by atoms with van der Waals surface area (Å²) >= 11 is 2.26. The summed E-state index contributed by atoms with van der Waals surface area (Å²) in [5.41, 5.74) is 8.34. The van der Waals surface area contributed by atoms with Gasteiger partial charge in [0, 0.05) is 15.3 Å². The normalized spacial score (nSPS) is 10.6. The van der Waals surface area contributed by atoms with Crippen molar-refractivity contribution in [1.82, 2.24) is 10.1 Å². The Hall–Kier alpha value is -1.89. The molecular formula is C14H10IN3O. The minimum Gasteiger partial charge on any atom is -0.380 e. The summed E-state index contributed by atoms with van der Waals surface area (Å²) in [4.78, 5) is 4.31. The SMILES string of the molecule is Nc1noc(-c2cccc(I)c2)c1-c1ccccn1. The number of benzene rings is 1. The Morgan fingerprint density at radius 3 is 2.74 bits per heavy atom. The third-order valence-corrected chi connectivity index (χ3v) is 3.40. The molecule has 0 fully saturated rings. The predicted octanol–water partition coefficient (Wildman–Crippen LogP) is 3.59. The molecule has 3 rings (SSSR count). The zero-order chi connectivity index (χ0) is 13.2. The quantitative estimate of drug-likeness (QED) is 0.707. The van der Waals surface area contributed by atoms with Gasteiger partial charge in [0.1, 0.15) is 0 Å². The second-order valence-corrected chi connectivity index (χ2v) is 5.24.